The fourth-order valence-corrected chi connectivity index (χ4v) is 2.15. The highest BCUT2D eigenvalue weighted by Crippen LogP contribution is 2.27. The van der Waals surface area contributed by atoms with Gasteiger partial charge in [0.2, 0.25) is 0 Å². The van der Waals surface area contributed by atoms with E-state index in [0.29, 0.717) is 11.5 Å². The van der Waals surface area contributed by atoms with Gasteiger partial charge in [0.15, 0.2) is 0 Å². The average Bonchev–Trinajstić information content (AvgIpc) is 2.71. The third-order valence-corrected chi connectivity index (χ3v) is 3.16. The molecule has 1 unspecified atom stereocenters. The molecule has 1 saturated heterocycles. The van der Waals surface area contributed by atoms with Crippen molar-refractivity contribution < 1.29 is 9.50 Å². The summed E-state index contributed by atoms with van der Waals surface area (Å²) in [5, 5.41) is 13.0. The van der Waals surface area contributed by atoms with Crippen LogP contribution in [0.25, 0.3) is 0 Å². The van der Waals surface area contributed by atoms with Gasteiger partial charge in [0, 0.05) is 0 Å². The van der Waals surface area contributed by atoms with Crippen LogP contribution >= 0.6 is 0 Å². The van der Waals surface area contributed by atoms with E-state index in [2.05, 4.69) is 5.32 Å². The van der Waals surface area contributed by atoms with Gasteiger partial charge < -0.3 is 10.4 Å². The van der Waals surface area contributed by atoms with Crippen molar-refractivity contribution in [2.45, 2.75) is 19.8 Å². The lowest BCUT2D eigenvalue weighted by molar-refractivity contribution is 0.454. The van der Waals surface area contributed by atoms with Crippen LogP contribution in [0.15, 0.2) is 12.1 Å². The Morgan fingerprint density at radius 1 is 1.53 bits per heavy atom. The van der Waals surface area contributed by atoms with Gasteiger partial charge in [-0.05, 0) is 62.0 Å². The molecule has 2 N–H and O–H groups in total. The largest absolute Gasteiger partial charge is 0.508 e. The van der Waals surface area contributed by atoms with E-state index in [4.69, 9.17) is 0 Å². The highest BCUT2D eigenvalue weighted by atomic mass is 19.1. The van der Waals surface area contributed by atoms with Crippen LogP contribution in [0.2, 0.25) is 0 Å². The molecule has 0 bridgehead atoms. The lowest BCUT2D eigenvalue weighted by atomic mass is 9.94. The minimum Gasteiger partial charge on any atom is -0.508 e. The average molecular weight is 209 g/mol. The number of aromatic hydroxyl groups is 1. The molecule has 15 heavy (non-hydrogen) atoms. The molecule has 1 aliphatic heterocycles. The lowest BCUT2D eigenvalue weighted by Crippen LogP contribution is -2.11. The molecule has 1 aromatic rings. The number of phenolic OH excluding ortho intramolecular Hbond substituents is 1. The first kappa shape index (κ1) is 10.4. The quantitative estimate of drug-likeness (QED) is 0.780. The first-order chi connectivity index (χ1) is 7.18. The van der Waals surface area contributed by atoms with Gasteiger partial charge in [-0.15, -0.1) is 0 Å². The predicted molar refractivity (Wildman–Crippen MR) is 57.5 cm³/mol. The molecule has 82 valence electrons. The first-order valence-corrected chi connectivity index (χ1v) is 5.36. The van der Waals surface area contributed by atoms with Gasteiger partial charge in [-0.2, -0.15) is 0 Å². The predicted octanol–water partition coefficient (Wildman–Crippen LogP) is 1.99. The summed E-state index contributed by atoms with van der Waals surface area (Å²) in [4.78, 5) is 0. The Bertz CT molecular complexity index is 359. The zero-order valence-electron chi connectivity index (χ0n) is 8.89. The Balaban J connectivity index is 2.22. The highest BCUT2D eigenvalue weighted by Gasteiger charge is 2.18. The van der Waals surface area contributed by atoms with E-state index in [1.54, 1.807) is 6.92 Å². The third-order valence-electron chi connectivity index (χ3n) is 3.16. The zero-order valence-corrected chi connectivity index (χ0v) is 8.89. The first-order valence-electron chi connectivity index (χ1n) is 5.36. The van der Waals surface area contributed by atoms with Gasteiger partial charge in [0.05, 0.1) is 0 Å². The Labute approximate surface area is 89.1 Å². The molecule has 0 radical (unpaired) electrons. The Morgan fingerprint density at radius 2 is 2.33 bits per heavy atom. The third kappa shape index (κ3) is 2.12. The van der Waals surface area contributed by atoms with Gasteiger partial charge in [-0.3, -0.25) is 0 Å². The van der Waals surface area contributed by atoms with Crippen LogP contribution in [-0.2, 0) is 6.42 Å². The van der Waals surface area contributed by atoms with E-state index in [1.807, 2.05) is 0 Å². The van der Waals surface area contributed by atoms with Crippen LogP contribution < -0.4 is 5.32 Å². The second-order valence-corrected chi connectivity index (χ2v) is 4.23. The smallest absolute Gasteiger partial charge is 0.126 e. The monoisotopic (exact) mass is 209 g/mol. The van der Waals surface area contributed by atoms with E-state index >= 15 is 0 Å². The van der Waals surface area contributed by atoms with Crippen molar-refractivity contribution in [2.75, 3.05) is 13.1 Å². The van der Waals surface area contributed by atoms with Crippen molar-refractivity contribution in [3.05, 3.63) is 29.1 Å². The molecule has 2 rings (SSSR count). The van der Waals surface area contributed by atoms with Crippen LogP contribution in [0, 0.1) is 18.7 Å². The Kier molecular flexibility index (Phi) is 2.91. The van der Waals surface area contributed by atoms with Crippen molar-refractivity contribution in [2.24, 2.45) is 5.92 Å². The van der Waals surface area contributed by atoms with E-state index in [9.17, 15) is 9.50 Å². The number of hydrogen-bond acceptors (Lipinski definition) is 2. The topological polar surface area (TPSA) is 32.3 Å². The van der Waals surface area contributed by atoms with Gasteiger partial charge in [0.1, 0.15) is 11.6 Å². The molecule has 1 aromatic carbocycles. The number of benzene rings is 1. The fourth-order valence-electron chi connectivity index (χ4n) is 2.15. The molecule has 0 saturated carbocycles. The van der Waals surface area contributed by atoms with Gasteiger partial charge in [0.25, 0.3) is 0 Å². The number of phenols is 1. The summed E-state index contributed by atoms with van der Waals surface area (Å²) >= 11 is 0. The van der Waals surface area contributed by atoms with Crippen LogP contribution in [0.4, 0.5) is 4.39 Å². The maximum absolute atomic E-state index is 13.3. The molecule has 2 nitrogen and oxygen atoms in total. The van der Waals surface area contributed by atoms with Gasteiger partial charge >= 0.3 is 0 Å². The molecular weight excluding hydrogens is 193 g/mol. The van der Waals surface area contributed by atoms with E-state index < -0.39 is 0 Å². The van der Waals surface area contributed by atoms with Crippen molar-refractivity contribution in [1.29, 1.82) is 0 Å². The van der Waals surface area contributed by atoms with E-state index in [1.165, 1.54) is 12.1 Å². The summed E-state index contributed by atoms with van der Waals surface area (Å²) in [6, 6.07) is 2.76. The summed E-state index contributed by atoms with van der Waals surface area (Å²) in [6.07, 6.45) is 1.87. The molecule has 3 heteroatoms. The minimum atomic E-state index is -0.228. The molecular formula is C12H16FNO. The highest BCUT2D eigenvalue weighted by molar-refractivity contribution is 5.39. The number of halogens is 1. The summed E-state index contributed by atoms with van der Waals surface area (Å²) < 4.78 is 13.3. The Morgan fingerprint density at radius 3 is 3.00 bits per heavy atom. The fraction of sp³-hybridized carbons (Fsp3) is 0.500. The SMILES string of the molecule is Cc1c(F)ccc(O)c1CC1CCNC1. The molecule has 0 aromatic heterocycles. The summed E-state index contributed by atoms with van der Waals surface area (Å²) in [5.41, 5.74) is 1.35. The molecule has 0 amide bonds. The molecule has 0 aliphatic carbocycles. The van der Waals surface area contributed by atoms with E-state index in [0.717, 1.165) is 31.5 Å². The van der Waals surface area contributed by atoms with Crippen LogP contribution in [0.3, 0.4) is 0 Å². The number of hydrogen-bond donors (Lipinski definition) is 2. The van der Waals surface area contributed by atoms with Gasteiger partial charge in [-0.25, -0.2) is 4.39 Å². The molecule has 1 atom stereocenters. The van der Waals surface area contributed by atoms with Crippen molar-refractivity contribution in [3.8, 4) is 5.75 Å². The Hall–Kier alpha value is -1.09. The lowest BCUT2D eigenvalue weighted by Gasteiger charge is -2.13. The normalized spacial score (nSPS) is 20.8. The number of rotatable bonds is 2. The maximum atomic E-state index is 13.3. The summed E-state index contributed by atoms with van der Waals surface area (Å²) in [6.45, 7) is 3.72. The maximum Gasteiger partial charge on any atom is 0.126 e. The summed E-state index contributed by atoms with van der Waals surface area (Å²) in [5.74, 6) is 0.519. The zero-order chi connectivity index (χ0) is 10.8. The van der Waals surface area contributed by atoms with Crippen LogP contribution in [0.5, 0.6) is 5.75 Å². The van der Waals surface area contributed by atoms with Crippen LogP contribution in [0.1, 0.15) is 17.5 Å². The second-order valence-electron chi connectivity index (χ2n) is 4.23. The van der Waals surface area contributed by atoms with Gasteiger partial charge in [-0.1, -0.05) is 0 Å². The molecule has 1 aliphatic rings. The standard InChI is InChI=1S/C12H16FNO/c1-8-10(6-9-4-5-14-7-9)12(15)3-2-11(8)13/h2-3,9,14-15H,4-7H2,1H3. The van der Waals surface area contributed by atoms with Crippen LogP contribution in [-0.4, -0.2) is 18.2 Å². The van der Waals surface area contributed by atoms with Crippen molar-refractivity contribution in [3.63, 3.8) is 0 Å². The summed E-state index contributed by atoms with van der Waals surface area (Å²) in [7, 11) is 0. The van der Waals surface area contributed by atoms with Crippen molar-refractivity contribution in [1.82, 2.24) is 5.32 Å². The number of nitrogens with one attached hydrogen (secondary N) is 1. The van der Waals surface area contributed by atoms with Crippen molar-refractivity contribution >= 4 is 0 Å². The molecule has 0 spiro atoms. The second kappa shape index (κ2) is 4.19. The van der Waals surface area contributed by atoms with E-state index in [-0.39, 0.29) is 11.6 Å². The molecule has 1 fully saturated rings. The minimum absolute atomic E-state index is 0.223. The molecule has 1 heterocycles.